The van der Waals surface area contributed by atoms with Crippen molar-refractivity contribution in [1.29, 1.82) is 0 Å². The average Bonchev–Trinajstić information content (AvgIpc) is 2.34. The van der Waals surface area contributed by atoms with Crippen LogP contribution in [0.5, 0.6) is 0 Å². The zero-order valence-corrected chi connectivity index (χ0v) is 12.7. The maximum atomic E-state index is 14.0. The topological polar surface area (TPSA) is 12.0 Å². The van der Waals surface area contributed by atoms with Crippen molar-refractivity contribution in [3.63, 3.8) is 0 Å². The molecule has 1 heterocycles. The first-order valence-electron chi connectivity index (χ1n) is 6.76. The van der Waals surface area contributed by atoms with Gasteiger partial charge >= 0.3 is 0 Å². The summed E-state index contributed by atoms with van der Waals surface area (Å²) in [6.07, 6.45) is 3.58. The smallest absolute Gasteiger partial charge is 0.140 e. The molecule has 0 amide bonds. The second-order valence-electron chi connectivity index (χ2n) is 5.55. The molecule has 3 heteroatoms. The van der Waals surface area contributed by atoms with Crippen molar-refractivity contribution < 1.29 is 4.39 Å². The number of hydrogen-bond acceptors (Lipinski definition) is 1. The van der Waals surface area contributed by atoms with Crippen molar-refractivity contribution in [3.8, 4) is 0 Å². The Balaban J connectivity index is 2.17. The van der Waals surface area contributed by atoms with Crippen LogP contribution in [0.2, 0.25) is 0 Å². The van der Waals surface area contributed by atoms with Crippen LogP contribution < -0.4 is 5.32 Å². The van der Waals surface area contributed by atoms with Crippen LogP contribution in [0.25, 0.3) is 0 Å². The number of nitrogens with one attached hydrogen (secondary N) is 1. The van der Waals surface area contributed by atoms with Crippen molar-refractivity contribution in [2.75, 3.05) is 13.1 Å². The van der Waals surface area contributed by atoms with Crippen LogP contribution >= 0.6 is 15.9 Å². The third-order valence-electron chi connectivity index (χ3n) is 3.66. The summed E-state index contributed by atoms with van der Waals surface area (Å²) in [4.78, 5) is 0. The molecule has 1 saturated heterocycles. The minimum absolute atomic E-state index is 0.101. The normalized spacial score (nSPS) is 20.4. The minimum Gasteiger partial charge on any atom is -0.316 e. The number of hydrogen-bond donors (Lipinski definition) is 1. The summed E-state index contributed by atoms with van der Waals surface area (Å²) in [5.41, 5.74) is 2.07. The van der Waals surface area contributed by atoms with Gasteiger partial charge in [-0.1, -0.05) is 19.9 Å². The highest BCUT2D eigenvalue weighted by atomic mass is 79.9. The van der Waals surface area contributed by atoms with E-state index in [1.54, 1.807) is 0 Å². The zero-order chi connectivity index (χ0) is 13.1. The van der Waals surface area contributed by atoms with E-state index in [2.05, 4.69) is 21.2 Å². The quantitative estimate of drug-likeness (QED) is 0.879. The molecule has 1 N–H and O–H groups in total. The third kappa shape index (κ3) is 3.33. The number of piperidine rings is 1. The molecule has 1 fully saturated rings. The molecule has 1 nitrogen and oxygen atoms in total. The highest BCUT2D eigenvalue weighted by molar-refractivity contribution is 9.10. The number of benzene rings is 1. The van der Waals surface area contributed by atoms with E-state index in [0.717, 1.165) is 25.1 Å². The summed E-state index contributed by atoms with van der Waals surface area (Å²) in [6, 6.07) is 3.98. The van der Waals surface area contributed by atoms with Crippen LogP contribution in [-0.2, 0) is 6.42 Å². The number of rotatable bonds is 3. The van der Waals surface area contributed by atoms with Crippen molar-refractivity contribution in [1.82, 2.24) is 5.32 Å². The molecule has 0 aromatic heterocycles. The molecule has 1 aliphatic heterocycles. The lowest BCUT2D eigenvalue weighted by Crippen LogP contribution is -2.30. The maximum absolute atomic E-state index is 14.0. The van der Waals surface area contributed by atoms with Crippen LogP contribution in [0.4, 0.5) is 4.39 Å². The van der Waals surface area contributed by atoms with E-state index in [1.165, 1.54) is 18.4 Å². The first kappa shape index (κ1) is 14.0. The van der Waals surface area contributed by atoms with Crippen LogP contribution in [0.3, 0.4) is 0 Å². The minimum atomic E-state index is -0.101. The highest BCUT2D eigenvalue weighted by Crippen LogP contribution is 2.28. The summed E-state index contributed by atoms with van der Waals surface area (Å²) in [7, 11) is 0. The molecule has 1 aromatic rings. The summed E-state index contributed by atoms with van der Waals surface area (Å²) < 4.78 is 14.6. The summed E-state index contributed by atoms with van der Waals surface area (Å²) in [5.74, 6) is 0.817. The van der Waals surface area contributed by atoms with Gasteiger partial charge < -0.3 is 5.32 Å². The Hall–Kier alpha value is -0.410. The van der Waals surface area contributed by atoms with E-state index in [1.807, 2.05) is 26.0 Å². The monoisotopic (exact) mass is 313 g/mol. The third-order valence-corrected chi connectivity index (χ3v) is 4.24. The van der Waals surface area contributed by atoms with Gasteiger partial charge in [0.05, 0.1) is 4.47 Å². The van der Waals surface area contributed by atoms with Gasteiger partial charge in [0.1, 0.15) is 5.82 Å². The standard InChI is InChI=1S/C15H21BrFN/c1-10(2)13-7-12(8-14(16)15(13)17)6-11-4-3-5-18-9-11/h7-8,10-11,18H,3-6,9H2,1-2H3. The van der Waals surface area contributed by atoms with E-state index < -0.39 is 0 Å². The lowest BCUT2D eigenvalue weighted by Gasteiger charge is -2.23. The van der Waals surface area contributed by atoms with Crippen LogP contribution in [0, 0.1) is 11.7 Å². The first-order valence-corrected chi connectivity index (χ1v) is 7.55. The molecule has 2 rings (SSSR count). The molecule has 0 saturated carbocycles. The van der Waals surface area contributed by atoms with E-state index in [4.69, 9.17) is 0 Å². The molecular weight excluding hydrogens is 293 g/mol. The van der Waals surface area contributed by atoms with E-state index in [0.29, 0.717) is 10.4 Å². The number of halogens is 2. The van der Waals surface area contributed by atoms with Gasteiger partial charge in [0, 0.05) is 0 Å². The fourth-order valence-electron chi connectivity index (χ4n) is 2.64. The van der Waals surface area contributed by atoms with Crippen LogP contribution in [0.15, 0.2) is 16.6 Å². The first-order chi connectivity index (χ1) is 8.58. The Labute approximate surface area is 117 Å². The van der Waals surface area contributed by atoms with Gasteiger partial charge in [0.15, 0.2) is 0 Å². The largest absolute Gasteiger partial charge is 0.316 e. The van der Waals surface area contributed by atoms with Gasteiger partial charge in [-0.15, -0.1) is 0 Å². The van der Waals surface area contributed by atoms with Gasteiger partial charge in [-0.2, -0.15) is 0 Å². The van der Waals surface area contributed by atoms with Gasteiger partial charge in [-0.3, -0.25) is 0 Å². The molecule has 0 aliphatic carbocycles. The van der Waals surface area contributed by atoms with Crippen molar-refractivity contribution in [2.24, 2.45) is 5.92 Å². The zero-order valence-electron chi connectivity index (χ0n) is 11.1. The highest BCUT2D eigenvalue weighted by Gasteiger charge is 2.16. The Morgan fingerprint density at radius 2 is 2.22 bits per heavy atom. The van der Waals surface area contributed by atoms with Crippen molar-refractivity contribution in [3.05, 3.63) is 33.5 Å². The summed E-state index contributed by atoms with van der Waals surface area (Å²) in [5, 5.41) is 3.43. The summed E-state index contributed by atoms with van der Waals surface area (Å²) in [6.45, 7) is 6.31. The molecule has 0 radical (unpaired) electrons. The van der Waals surface area contributed by atoms with E-state index >= 15 is 0 Å². The Morgan fingerprint density at radius 1 is 1.44 bits per heavy atom. The molecule has 100 valence electrons. The van der Waals surface area contributed by atoms with Gasteiger partial charge in [0.25, 0.3) is 0 Å². The molecule has 1 atom stereocenters. The van der Waals surface area contributed by atoms with E-state index in [9.17, 15) is 4.39 Å². The average molecular weight is 314 g/mol. The van der Waals surface area contributed by atoms with Gasteiger partial charge in [-0.25, -0.2) is 4.39 Å². The Bertz CT molecular complexity index is 411. The SMILES string of the molecule is CC(C)c1cc(CC2CCCNC2)cc(Br)c1F. The molecule has 1 aromatic carbocycles. The molecule has 0 bridgehead atoms. The van der Waals surface area contributed by atoms with E-state index in [-0.39, 0.29) is 11.7 Å². The lowest BCUT2D eigenvalue weighted by atomic mass is 9.90. The molecule has 1 unspecified atom stereocenters. The predicted molar refractivity (Wildman–Crippen MR) is 77.5 cm³/mol. The lowest BCUT2D eigenvalue weighted by molar-refractivity contribution is 0.376. The fourth-order valence-corrected chi connectivity index (χ4v) is 3.16. The van der Waals surface area contributed by atoms with Crippen LogP contribution in [-0.4, -0.2) is 13.1 Å². The molecule has 18 heavy (non-hydrogen) atoms. The second-order valence-corrected chi connectivity index (χ2v) is 6.41. The molecule has 1 aliphatic rings. The maximum Gasteiger partial charge on any atom is 0.140 e. The van der Waals surface area contributed by atoms with Gasteiger partial charge in [0.2, 0.25) is 0 Å². The molecule has 0 spiro atoms. The van der Waals surface area contributed by atoms with Crippen molar-refractivity contribution >= 4 is 15.9 Å². The van der Waals surface area contributed by atoms with Gasteiger partial charge in [-0.05, 0) is 77.3 Å². The van der Waals surface area contributed by atoms with Crippen molar-refractivity contribution in [2.45, 2.75) is 39.0 Å². The Kier molecular flexibility index (Phi) is 4.79. The van der Waals surface area contributed by atoms with Crippen LogP contribution in [0.1, 0.15) is 43.7 Å². The summed E-state index contributed by atoms with van der Waals surface area (Å²) >= 11 is 3.34. The predicted octanol–water partition coefficient (Wildman–Crippen LogP) is 4.25. The Morgan fingerprint density at radius 3 is 2.83 bits per heavy atom. The fraction of sp³-hybridized carbons (Fsp3) is 0.600. The molecular formula is C15H21BrFN. The second kappa shape index (κ2) is 6.16.